The summed E-state index contributed by atoms with van der Waals surface area (Å²) in [7, 11) is 0. The molecule has 0 fully saturated rings. The molecule has 0 aliphatic rings. The second-order valence-electron chi connectivity index (χ2n) is 11.2. The molecule has 1 aromatic carbocycles. The minimum Gasteiger partial charge on any atom is -0.480 e. The van der Waals surface area contributed by atoms with Crippen molar-refractivity contribution < 1.29 is 52.7 Å². The van der Waals surface area contributed by atoms with Gasteiger partial charge < -0.3 is 39.3 Å². The monoisotopic (exact) mass is 597 g/mol. The third kappa shape index (κ3) is 14.4. The molecule has 0 aromatic heterocycles. The lowest BCUT2D eigenvalue weighted by Gasteiger charge is -2.25. The van der Waals surface area contributed by atoms with Gasteiger partial charge in [0.1, 0.15) is 12.1 Å². The highest BCUT2D eigenvalue weighted by Gasteiger charge is 2.30. The summed E-state index contributed by atoms with van der Waals surface area (Å²) in [5.74, 6) is -1.79. The average Bonchev–Trinajstić information content (AvgIpc) is 2.90. The SMILES string of the molecule is CCC(C)COC(=O)OC(C)CC(c1ccc(OC(=O)OCCC(C)C)c(OC(=O)OCCC(C)C)c1)[C@H](N)C(=O)O. The first-order chi connectivity index (χ1) is 19.7. The van der Waals surface area contributed by atoms with Gasteiger partial charge in [0.25, 0.3) is 0 Å². The highest BCUT2D eigenvalue weighted by molar-refractivity contribution is 5.75. The number of carboxylic acid groups (broad SMARTS) is 1. The second-order valence-corrected chi connectivity index (χ2v) is 11.2. The molecule has 4 atom stereocenters. The number of aliphatic carboxylic acids is 1. The van der Waals surface area contributed by atoms with Gasteiger partial charge in [0.15, 0.2) is 11.5 Å². The summed E-state index contributed by atoms with van der Waals surface area (Å²) in [4.78, 5) is 48.7. The molecule has 0 amide bonds. The quantitative estimate of drug-likeness (QED) is 0.117. The molecule has 0 aliphatic heterocycles. The zero-order valence-electron chi connectivity index (χ0n) is 25.8. The minimum absolute atomic E-state index is 0.00161. The molecule has 1 rings (SSSR count). The second kappa shape index (κ2) is 18.8. The van der Waals surface area contributed by atoms with E-state index in [1.807, 2.05) is 41.5 Å². The average molecular weight is 598 g/mol. The van der Waals surface area contributed by atoms with Crippen LogP contribution in [0.25, 0.3) is 0 Å². The summed E-state index contributed by atoms with van der Waals surface area (Å²) >= 11 is 0. The zero-order valence-corrected chi connectivity index (χ0v) is 25.8. The maximum Gasteiger partial charge on any atom is 0.513 e. The Hall–Kier alpha value is -3.54. The molecule has 0 aliphatic carbocycles. The van der Waals surface area contributed by atoms with Crippen LogP contribution in [0.4, 0.5) is 14.4 Å². The Bertz CT molecular complexity index is 1010. The fourth-order valence-electron chi connectivity index (χ4n) is 3.51. The Morgan fingerprint density at radius 2 is 1.36 bits per heavy atom. The Balaban J connectivity index is 3.21. The number of carboxylic acids is 1. The van der Waals surface area contributed by atoms with E-state index in [-0.39, 0.29) is 49.6 Å². The van der Waals surface area contributed by atoms with Crippen molar-refractivity contribution in [3.8, 4) is 11.5 Å². The lowest BCUT2D eigenvalue weighted by molar-refractivity contribution is -0.139. The third-order valence-corrected chi connectivity index (χ3v) is 6.40. The molecule has 12 heteroatoms. The van der Waals surface area contributed by atoms with Crippen molar-refractivity contribution in [1.82, 2.24) is 0 Å². The van der Waals surface area contributed by atoms with Gasteiger partial charge in [-0.15, -0.1) is 0 Å². The molecule has 0 heterocycles. The first-order valence-corrected chi connectivity index (χ1v) is 14.4. The first-order valence-electron chi connectivity index (χ1n) is 14.4. The topological polar surface area (TPSA) is 170 Å². The maximum absolute atomic E-state index is 12.4. The normalized spacial score (nSPS) is 14.0. The van der Waals surface area contributed by atoms with E-state index in [1.165, 1.54) is 18.2 Å². The van der Waals surface area contributed by atoms with Gasteiger partial charge in [0.2, 0.25) is 0 Å². The molecule has 3 unspecified atom stereocenters. The van der Waals surface area contributed by atoms with Gasteiger partial charge >= 0.3 is 24.4 Å². The molecule has 0 saturated carbocycles. The Morgan fingerprint density at radius 1 is 0.810 bits per heavy atom. The highest BCUT2D eigenvalue weighted by Crippen LogP contribution is 2.35. The van der Waals surface area contributed by atoms with E-state index in [0.717, 1.165) is 6.42 Å². The van der Waals surface area contributed by atoms with Crippen LogP contribution >= 0.6 is 0 Å². The largest absolute Gasteiger partial charge is 0.513 e. The summed E-state index contributed by atoms with van der Waals surface area (Å²) < 4.78 is 31.3. The smallest absolute Gasteiger partial charge is 0.480 e. The number of ether oxygens (including phenoxy) is 6. The molecule has 238 valence electrons. The van der Waals surface area contributed by atoms with Gasteiger partial charge in [0.05, 0.1) is 19.8 Å². The van der Waals surface area contributed by atoms with E-state index in [4.69, 9.17) is 34.2 Å². The number of carbonyl (C=O) groups excluding carboxylic acids is 3. The molecular weight excluding hydrogens is 550 g/mol. The summed E-state index contributed by atoms with van der Waals surface area (Å²) in [5, 5.41) is 9.68. The molecule has 0 saturated heterocycles. The van der Waals surface area contributed by atoms with E-state index >= 15 is 0 Å². The number of hydrogen-bond donors (Lipinski definition) is 2. The van der Waals surface area contributed by atoms with Crippen LogP contribution in [-0.4, -0.2) is 61.5 Å². The number of benzene rings is 1. The molecule has 0 radical (unpaired) electrons. The van der Waals surface area contributed by atoms with Crippen LogP contribution in [0.5, 0.6) is 11.5 Å². The van der Waals surface area contributed by atoms with Gasteiger partial charge in [-0.25, -0.2) is 14.4 Å². The molecule has 0 spiro atoms. The van der Waals surface area contributed by atoms with Crippen molar-refractivity contribution in [3.05, 3.63) is 23.8 Å². The minimum atomic E-state index is -1.41. The Labute approximate surface area is 248 Å². The fraction of sp³-hybridized carbons (Fsp3) is 0.667. The number of carbonyl (C=O) groups is 4. The standard InChI is InChI=1S/C30H47NO11/c1-8-20(6)17-39-30(36)40-21(7)15-23(26(31)27(32)33)22-9-10-24(41-28(34)37-13-11-18(2)3)25(16-22)42-29(35)38-14-12-19(4)5/h9-10,16,18-21,23,26H,8,11-15,17,31H2,1-7H3,(H,32,33)/t20?,21?,23?,26-/m0/s1. The first kappa shape index (κ1) is 36.5. The van der Waals surface area contributed by atoms with Crippen molar-refractivity contribution in [2.24, 2.45) is 23.5 Å². The van der Waals surface area contributed by atoms with Crippen molar-refractivity contribution >= 4 is 24.4 Å². The molecule has 3 N–H and O–H groups in total. The Morgan fingerprint density at radius 3 is 1.86 bits per heavy atom. The summed E-state index contributed by atoms with van der Waals surface area (Å²) in [6.07, 6.45) is -1.64. The predicted molar refractivity (Wildman–Crippen MR) is 154 cm³/mol. The van der Waals surface area contributed by atoms with E-state index in [1.54, 1.807) is 6.92 Å². The van der Waals surface area contributed by atoms with Gasteiger partial charge in [-0.2, -0.15) is 0 Å². The van der Waals surface area contributed by atoms with Crippen LogP contribution in [0, 0.1) is 17.8 Å². The van der Waals surface area contributed by atoms with E-state index < -0.39 is 42.5 Å². The van der Waals surface area contributed by atoms with Crippen LogP contribution in [0.3, 0.4) is 0 Å². The predicted octanol–water partition coefficient (Wildman–Crippen LogP) is 6.28. The van der Waals surface area contributed by atoms with Crippen LogP contribution in [0.1, 0.15) is 85.6 Å². The summed E-state index contributed by atoms with van der Waals surface area (Å²) in [5.41, 5.74) is 6.35. The molecule has 42 heavy (non-hydrogen) atoms. The van der Waals surface area contributed by atoms with Crippen molar-refractivity contribution in [3.63, 3.8) is 0 Å². The van der Waals surface area contributed by atoms with Crippen LogP contribution in [0.2, 0.25) is 0 Å². The summed E-state index contributed by atoms with van der Waals surface area (Å²) in [6, 6.07) is 2.74. The summed E-state index contributed by atoms with van der Waals surface area (Å²) in [6.45, 7) is 13.8. The van der Waals surface area contributed by atoms with Crippen LogP contribution < -0.4 is 15.2 Å². The lowest BCUT2D eigenvalue weighted by atomic mass is 9.87. The van der Waals surface area contributed by atoms with E-state index in [0.29, 0.717) is 24.3 Å². The highest BCUT2D eigenvalue weighted by atomic mass is 16.7. The zero-order chi connectivity index (χ0) is 31.8. The lowest BCUT2D eigenvalue weighted by Crippen LogP contribution is -2.38. The van der Waals surface area contributed by atoms with Crippen LogP contribution in [-0.2, 0) is 23.7 Å². The number of nitrogens with two attached hydrogens (primary N) is 1. The Kier molecular flexibility index (Phi) is 16.3. The van der Waals surface area contributed by atoms with Crippen molar-refractivity contribution in [1.29, 1.82) is 0 Å². The van der Waals surface area contributed by atoms with Crippen molar-refractivity contribution in [2.75, 3.05) is 19.8 Å². The number of hydrogen-bond acceptors (Lipinski definition) is 11. The fourth-order valence-corrected chi connectivity index (χ4v) is 3.51. The van der Waals surface area contributed by atoms with Gasteiger partial charge in [-0.05, 0) is 61.6 Å². The molecule has 12 nitrogen and oxygen atoms in total. The van der Waals surface area contributed by atoms with E-state index in [2.05, 4.69) is 0 Å². The van der Waals surface area contributed by atoms with E-state index in [9.17, 15) is 24.3 Å². The van der Waals surface area contributed by atoms with Gasteiger partial charge in [-0.1, -0.05) is 54.0 Å². The molecule has 1 aromatic rings. The van der Waals surface area contributed by atoms with Crippen LogP contribution in [0.15, 0.2) is 18.2 Å². The third-order valence-electron chi connectivity index (χ3n) is 6.40. The number of rotatable bonds is 17. The molecular formula is C30H47NO11. The maximum atomic E-state index is 12.4. The van der Waals surface area contributed by atoms with Crippen molar-refractivity contribution in [2.45, 2.75) is 92.2 Å². The van der Waals surface area contributed by atoms with Gasteiger partial charge in [0, 0.05) is 5.92 Å². The molecule has 0 bridgehead atoms. The van der Waals surface area contributed by atoms with Gasteiger partial charge in [-0.3, -0.25) is 4.79 Å².